The lowest BCUT2D eigenvalue weighted by Crippen LogP contribution is -2.19. The molecule has 16 heavy (non-hydrogen) atoms. The van der Waals surface area contributed by atoms with Gasteiger partial charge in [0.2, 0.25) is 0 Å². The Morgan fingerprint density at radius 3 is 2.62 bits per heavy atom. The molecule has 86 valence electrons. The molecular formula is C10H13N3O2S. The number of amides is 1. The third kappa shape index (κ3) is 4.14. The second-order valence-electron chi connectivity index (χ2n) is 2.92. The summed E-state index contributed by atoms with van der Waals surface area (Å²) in [6, 6.07) is 7.00. The van der Waals surface area contributed by atoms with Crippen LogP contribution >= 0.6 is 12.2 Å². The van der Waals surface area contributed by atoms with E-state index in [0.29, 0.717) is 18.0 Å². The SMILES string of the molecule is CCOC(=O)Nc1cccc(NC(N)=S)c1. The third-order valence-electron chi connectivity index (χ3n) is 1.65. The highest BCUT2D eigenvalue weighted by Gasteiger charge is 2.02. The lowest BCUT2D eigenvalue weighted by Gasteiger charge is -2.08. The molecule has 6 heteroatoms. The summed E-state index contributed by atoms with van der Waals surface area (Å²) in [5, 5.41) is 5.51. The highest BCUT2D eigenvalue weighted by Crippen LogP contribution is 2.14. The van der Waals surface area contributed by atoms with Gasteiger partial charge in [-0.3, -0.25) is 5.32 Å². The fourth-order valence-electron chi connectivity index (χ4n) is 1.10. The Bertz CT molecular complexity index is 395. The van der Waals surface area contributed by atoms with Crippen molar-refractivity contribution in [2.45, 2.75) is 6.92 Å². The maximum Gasteiger partial charge on any atom is 0.411 e. The van der Waals surface area contributed by atoms with Crippen molar-refractivity contribution >= 4 is 34.8 Å². The summed E-state index contributed by atoms with van der Waals surface area (Å²) in [5.74, 6) is 0. The summed E-state index contributed by atoms with van der Waals surface area (Å²) in [7, 11) is 0. The molecule has 0 unspecified atom stereocenters. The van der Waals surface area contributed by atoms with Gasteiger partial charge in [-0.15, -0.1) is 0 Å². The van der Waals surface area contributed by atoms with Gasteiger partial charge in [0.15, 0.2) is 5.11 Å². The van der Waals surface area contributed by atoms with E-state index in [1.54, 1.807) is 31.2 Å². The molecule has 1 aromatic carbocycles. The molecule has 0 saturated heterocycles. The highest BCUT2D eigenvalue weighted by atomic mass is 32.1. The van der Waals surface area contributed by atoms with Gasteiger partial charge in [-0.25, -0.2) is 4.79 Å². The van der Waals surface area contributed by atoms with Crippen LogP contribution in [-0.4, -0.2) is 17.8 Å². The molecule has 4 N–H and O–H groups in total. The first-order valence-corrected chi connectivity index (χ1v) is 5.13. The number of carbonyl (C=O) groups excluding carboxylic acids is 1. The topological polar surface area (TPSA) is 76.4 Å². The van der Waals surface area contributed by atoms with Crippen molar-refractivity contribution in [2.75, 3.05) is 17.2 Å². The summed E-state index contributed by atoms with van der Waals surface area (Å²) < 4.78 is 4.75. The zero-order chi connectivity index (χ0) is 12.0. The predicted molar refractivity (Wildman–Crippen MR) is 67.5 cm³/mol. The number of anilines is 2. The van der Waals surface area contributed by atoms with Crippen molar-refractivity contribution in [2.24, 2.45) is 5.73 Å². The van der Waals surface area contributed by atoms with E-state index in [1.807, 2.05) is 0 Å². The van der Waals surface area contributed by atoms with E-state index in [-0.39, 0.29) is 5.11 Å². The van der Waals surface area contributed by atoms with Crippen LogP contribution < -0.4 is 16.4 Å². The first-order chi connectivity index (χ1) is 7.61. The number of hydrogen-bond donors (Lipinski definition) is 3. The summed E-state index contributed by atoms with van der Waals surface area (Å²) in [4.78, 5) is 11.1. The average molecular weight is 239 g/mol. The molecular weight excluding hydrogens is 226 g/mol. The van der Waals surface area contributed by atoms with Crippen molar-refractivity contribution in [3.8, 4) is 0 Å². The van der Waals surface area contributed by atoms with Gasteiger partial charge < -0.3 is 15.8 Å². The maximum atomic E-state index is 11.1. The Labute approximate surface area is 99.0 Å². The molecule has 0 saturated carbocycles. The van der Waals surface area contributed by atoms with Crippen LogP contribution in [0.15, 0.2) is 24.3 Å². The van der Waals surface area contributed by atoms with Gasteiger partial charge in [-0.05, 0) is 37.3 Å². The molecule has 5 nitrogen and oxygen atoms in total. The molecule has 0 aliphatic carbocycles. The van der Waals surface area contributed by atoms with Gasteiger partial charge in [0.1, 0.15) is 0 Å². The van der Waals surface area contributed by atoms with Crippen LogP contribution in [0.3, 0.4) is 0 Å². The van der Waals surface area contributed by atoms with Crippen LogP contribution in [0, 0.1) is 0 Å². The number of thiocarbonyl (C=S) groups is 1. The van der Waals surface area contributed by atoms with Crippen LogP contribution in [0.4, 0.5) is 16.2 Å². The number of rotatable bonds is 3. The zero-order valence-corrected chi connectivity index (χ0v) is 9.64. The van der Waals surface area contributed by atoms with Gasteiger partial charge in [-0.1, -0.05) is 6.07 Å². The second kappa shape index (κ2) is 5.92. The monoisotopic (exact) mass is 239 g/mol. The molecule has 0 aromatic heterocycles. The maximum absolute atomic E-state index is 11.1. The summed E-state index contributed by atoms with van der Waals surface area (Å²) in [6.07, 6.45) is -0.491. The largest absolute Gasteiger partial charge is 0.450 e. The van der Waals surface area contributed by atoms with Crippen LogP contribution in [0.25, 0.3) is 0 Å². The molecule has 1 amide bonds. The van der Waals surface area contributed by atoms with Crippen molar-refractivity contribution in [1.29, 1.82) is 0 Å². The van der Waals surface area contributed by atoms with Crippen molar-refractivity contribution in [3.63, 3.8) is 0 Å². The molecule has 1 aromatic rings. The Hall–Kier alpha value is -1.82. The highest BCUT2D eigenvalue weighted by molar-refractivity contribution is 7.80. The van der Waals surface area contributed by atoms with Crippen molar-refractivity contribution in [1.82, 2.24) is 0 Å². The van der Waals surface area contributed by atoms with Crippen LogP contribution in [0.1, 0.15) is 6.92 Å². The van der Waals surface area contributed by atoms with Gasteiger partial charge in [-0.2, -0.15) is 0 Å². The lowest BCUT2D eigenvalue weighted by molar-refractivity contribution is 0.168. The molecule has 0 spiro atoms. The second-order valence-corrected chi connectivity index (χ2v) is 3.36. The first kappa shape index (κ1) is 12.3. The fraction of sp³-hybridized carbons (Fsp3) is 0.200. The Balaban J connectivity index is 2.67. The molecule has 0 aliphatic rings. The summed E-state index contributed by atoms with van der Waals surface area (Å²) in [6.45, 7) is 2.07. The Morgan fingerprint density at radius 1 is 1.44 bits per heavy atom. The molecule has 0 heterocycles. The van der Waals surface area contributed by atoms with E-state index in [4.69, 9.17) is 22.7 Å². The molecule has 0 aliphatic heterocycles. The quantitative estimate of drug-likeness (QED) is 0.702. The normalized spacial score (nSPS) is 9.31. The number of ether oxygens (including phenoxy) is 1. The van der Waals surface area contributed by atoms with Crippen molar-refractivity contribution < 1.29 is 9.53 Å². The van der Waals surface area contributed by atoms with E-state index in [2.05, 4.69) is 10.6 Å². The van der Waals surface area contributed by atoms with Gasteiger partial charge in [0.25, 0.3) is 0 Å². The Kier molecular flexibility index (Phi) is 4.53. The number of hydrogen-bond acceptors (Lipinski definition) is 3. The van der Waals surface area contributed by atoms with Crippen LogP contribution in [0.5, 0.6) is 0 Å². The minimum Gasteiger partial charge on any atom is -0.450 e. The lowest BCUT2D eigenvalue weighted by atomic mass is 10.3. The summed E-state index contributed by atoms with van der Waals surface area (Å²) >= 11 is 4.70. The number of carbonyl (C=O) groups is 1. The predicted octanol–water partition coefficient (Wildman–Crippen LogP) is 1.91. The Morgan fingerprint density at radius 2 is 2.06 bits per heavy atom. The molecule has 0 atom stereocenters. The molecule has 0 bridgehead atoms. The van der Waals surface area contributed by atoms with Gasteiger partial charge in [0, 0.05) is 11.4 Å². The number of nitrogens with one attached hydrogen (secondary N) is 2. The standard InChI is InChI=1S/C10H13N3O2S/c1-2-15-10(14)13-8-5-3-4-7(6-8)12-9(11)16/h3-6H,2H2,1H3,(H,13,14)(H3,11,12,16). The minimum absolute atomic E-state index is 0.174. The fourth-order valence-corrected chi connectivity index (χ4v) is 1.22. The first-order valence-electron chi connectivity index (χ1n) is 4.72. The third-order valence-corrected chi connectivity index (χ3v) is 1.75. The van der Waals surface area contributed by atoms with E-state index >= 15 is 0 Å². The van der Waals surface area contributed by atoms with Gasteiger partial charge in [0.05, 0.1) is 6.61 Å². The van der Waals surface area contributed by atoms with E-state index in [0.717, 1.165) is 0 Å². The molecule has 0 fully saturated rings. The number of nitrogens with two attached hydrogens (primary N) is 1. The van der Waals surface area contributed by atoms with Crippen LogP contribution in [-0.2, 0) is 4.74 Å². The summed E-state index contributed by atoms with van der Waals surface area (Å²) in [5.41, 5.74) is 6.65. The van der Waals surface area contributed by atoms with Crippen LogP contribution in [0.2, 0.25) is 0 Å². The van der Waals surface area contributed by atoms with E-state index < -0.39 is 6.09 Å². The average Bonchev–Trinajstić information content (AvgIpc) is 2.17. The van der Waals surface area contributed by atoms with E-state index in [1.165, 1.54) is 0 Å². The minimum atomic E-state index is -0.491. The smallest absolute Gasteiger partial charge is 0.411 e. The zero-order valence-electron chi connectivity index (χ0n) is 8.82. The van der Waals surface area contributed by atoms with Gasteiger partial charge >= 0.3 is 6.09 Å². The molecule has 1 rings (SSSR count). The molecule has 0 radical (unpaired) electrons. The van der Waals surface area contributed by atoms with Crippen molar-refractivity contribution in [3.05, 3.63) is 24.3 Å². The van der Waals surface area contributed by atoms with E-state index in [9.17, 15) is 4.79 Å². The number of benzene rings is 1.